The molecular weight excluding hydrogens is 484 g/mol. The van der Waals surface area contributed by atoms with Crippen LogP contribution in [-0.4, -0.2) is 38.2 Å². The van der Waals surface area contributed by atoms with Crippen molar-refractivity contribution >= 4 is 23.4 Å². The number of fused-ring (bicyclic) bond motifs is 2. The molecule has 2 aliphatic rings. The van der Waals surface area contributed by atoms with Crippen LogP contribution in [0, 0.1) is 0 Å². The molecule has 0 unspecified atom stereocenters. The second-order valence-corrected chi connectivity index (χ2v) is 9.03. The number of hydrogen-bond acceptors (Lipinski definition) is 9. The summed E-state index contributed by atoms with van der Waals surface area (Å²) in [6.07, 6.45) is 1.75. The lowest BCUT2D eigenvalue weighted by atomic mass is 9.95. The molecule has 1 aromatic heterocycles. The molecule has 9 nitrogen and oxygen atoms in total. The molecule has 0 N–H and O–H groups in total. The molecule has 10 heteroatoms. The Labute approximate surface area is 210 Å². The van der Waals surface area contributed by atoms with E-state index in [4.69, 9.17) is 23.7 Å². The minimum atomic E-state index is -0.741. The van der Waals surface area contributed by atoms with Crippen LogP contribution in [0.5, 0.6) is 23.0 Å². The number of carbonyl (C=O) groups is 1. The van der Waals surface area contributed by atoms with Gasteiger partial charge in [0.05, 0.1) is 42.7 Å². The molecule has 1 atom stereocenters. The average Bonchev–Trinajstić information content (AvgIpc) is 3.47. The van der Waals surface area contributed by atoms with Gasteiger partial charge in [-0.05, 0) is 49.8 Å². The molecule has 186 valence electrons. The predicted octanol–water partition coefficient (Wildman–Crippen LogP) is 2.54. The third kappa shape index (κ3) is 4.03. The molecule has 2 aromatic carbocycles. The smallest absolute Gasteiger partial charge is 0.338 e. The fraction of sp³-hybridized carbons (Fsp3) is 0.269. The highest BCUT2D eigenvalue weighted by Crippen LogP contribution is 2.38. The first-order valence-electron chi connectivity index (χ1n) is 11.3. The van der Waals surface area contributed by atoms with Gasteiger partial charge in [0, 0.05) is 11.6 Å². The zero-order valence-electron chi connectivity index (χ0n) is 20.2. The summed E-state index contributed by atoms with van der Waals surface area (Å²) in [4.78, 5) is 31.9. The SMILES string of the molecule is CCOC(=O)C1=C(C)N=c2s/c(=C\c3ccc(OC)cc3OC)c(=O)n2[C@H]1c1ccc2c(c1)OCO2. The molecule has 0 aliphatic carbocycles. The maximum absolute atomic E-state index is 13.8. The molecule has 2 aliphatic heterocycles. The zero-order chi connectivity index (χ0) is 25.4. The summed E-state index contributed by atoms with van der Waals surface area (Å²) in [5.41, 5.74) is 1.91. The maximum Gasteiger partial charge on any atom is 0.338 e. The number of thiazole rings is 1. The van der Waals surface area contributed by atoms with Crippen LogP contribution in [0.3, 0.4) is 0 Å². The first kappa shape index (κ1) is 23.7. The van der Waals surface area contributed by atoms with Gasteiger partial charge in [-0.3, -0.25) is 9.36 Å². The number of methoxy groups -OCH3 is 2. The van der Waals surface area contributed by atoms with E-state index < -0.39 is 12.0 Å². The first-order chi connectivity index (χ1) is 17.4. The summed E-state index contributed by atoms with van der Waals surface area (Å²) in [5.74, 6) is 1.85. The van der Waals surface area contributed by atoms with Gasteiger partial charge in [0.1, 0.15) is 11.5 Å². The number of nitrogens with zero attached hydrogens (tertiary/aromatic N) is 2. The summed E-state index contributed by atoms with van der Waals surface area (Å²) in [5, 5.41) is 0. The Morgan fingerprint density at radius 3 is 2.72 bits per heavy atom. The minimum absolute atomic E-state index is 0.116. The van der Waals surface area contributed by atoms with Crippen molar-refractivity contribution in [2.45, 2.75) is 19.9 Å². The quantitative estimate of drug-likeness (QED) is 0.472. The lowest BCUT2D eigenvalue weighted by molar-refractivity contribution is -0.139. The highest BCUT2D eigenvalue weighted by molar-refractivity contribution is 7.07. The van der Waals surface area contributed by atoms with E-state index in [1.54, 1.807) is 58.4 Å². The van der Waals surface area contributed by atoms with Crippen molar-refractivity contribution in [1.29, 1.82) is 0 Å². The minimum Gasteiger partial charge on any atom is -0.497 e. The molecule has 0 spiro atoms. The van der Waals surface area contributed by atoms with Crippen LogP contribution < -0.4 is 33.8 Å². The van der Waals surface area contributed by atoms with E-state index in [2.05, 4.69) is 4.99 Å². The van der Waals surface area contributed by atoms with Gasteiger partial charge in [0.15, 0.2) is 16.3 Å². The van der Waals surface area contributed by atoms with Gasteiger partial charge < -0.3 is 23.7 Å². The van der Waals surface area contributed by atoms with E-state index in [0.29, 0.717) is 54.7 Å². The summed E-state index contributed by atoms with van der Waals surface area (Å²) in [6, 6.07) is 10.0. The number of carbonyl (C=O) groups excluding carboxylic acids is 1. The molecule has 0 saturated heterocycles. The molecule has 0 fully saturated rings. The van der Waals surface area contributed by atoms with Gasteiger partial charge in [-0.15, -0.1) is 0 Å². The molecular formula is C26H24N2O7S. The van der Waals surface area contributed by atoms with Gasteiger partial charge >= 0.3 is 5.97 Å². The zero-order valence-corrected chi connectivity index (χ0v) is 21.0. The lowest BCUT2D eigenvalue weighted by Crippen LogP contribution is -2.39. The number of aromatic nitrogens is 1. The standard InChI is InChI=1S/C26H24N2O7S/c1-5-33-25(30)22-14(2)27-26-28(23(22)16-7-9-18-20(10-16)35-13-34-18)24(29)21(36-26)11-15-6-8-17(31-3)12-19(15)32-4/h6-12,23H,5,13H2,1-4H3/b21-11-/t23-/m0/s1. The fourth-order valence-electron chi connectivity index (χ4n) is 4.27. The van der Waals surface area contributed by atoms with Crippen LogP contribution in [0.1, 0.15) is 31.0 Å². The van der Waals surface area contributed by atoms with Gasteiger partial charge in [-0.25, -0.2) is 9.79 Å². The van der Waals surface area contributed by atoms with Crippen LogP contribution >= 0.6 is 11.3 Å². The van der Waals surface area contributed by atoms with Gasteiger partial charge in [-0.1, -0.05) is 17.4 Å². The maximum atomic E-state index is 13.8. The fourth-order valence-corrected chi connectivity index (χ4v) is 5.31. The molecule has 0 bridgehead atoms. The van der Waals surface area contributed by atoms with Crippen LogP contribution in [0.25, 0.3) is 6.08 Å². The molecule has 0 radical (unpaired) electrons. The molecule has 0 saturated carbocycles. The van der Waals surface area contributed by atoms with Crippen LogP contribution in [0.4, 0.5) is 0 Å². The summed E-state index contributed by atoms with van der Waals surface area (Å²) in [6.45, 7) is 3.80. The largest absolute Gasteiger partial charge is 0.497 e. The predicted molar refractivity (Wildman–Crippen MR) is 133 cm³/mol. The Morgan fingerprint density at radius 1 is 1.17 bits per heavy atom. The Morgan fingerprint density at radius 2 is 1.97 bits per heavy atom. The highest BCUT2D eigenvalue weighted by Gasteiger charge is 2.34. The van der Waals surface area contributed by atoms with Gasteiger partial charge in [-0.2, -0.15) is 0 Å². The van der Waals surface area contributed by atoms with Crippen molar-refractivity contribution in [3.8, 4) is 23.0 Å². The number of benzene rings is 2. The lowest BCUT2D eigenvalue weighted by Gasteiger charge is -2.24. The van der Waals surface area contributed by atoms with E-state index >= 15 is 0 Å². The Balaban J connectivity index is 1.71. The van der Waals surface area contributed by atoms with Crippen LogP contribution in [0.15, 0.2) is 57.5 Å². The van der Waals surface area contributed by atoms with E-state index in [1.165, 1.54) is 15.9 Å². The van der Waals surface area contributed by atoms with Gasteiger partial charge in [0.2, 0.25) is 6.79 Å². The topological polar surface area (TPSA) is 97.6 Å². The third-order valence-corrected chi connectivity index (χ3v) is 6.94. The van der Waals surface area contributed by atoms with Crippen molar-refractivity contribution in [3.63, 3.8) is 0 Å². The van der Waals surface area contributed by atoms with E-state index in [-0.39, 0.29) is 19.0 Å². The summed E-state index contributed by atoms with van der Waals surface area (Å²) < 4.78 is 29.1. The average molecular weight is 509 g/mol. The van der Waals surface area contributed by atoms with Crippen molar-refractivity contribution in [1.82, 2.24) is 4.57 Å². The number of ether oxygens (including phenoxy) is 5. The number of allylic oxidation sites excluding steroid dienone is 1. The summed E-state index contributed by atoms with van der Waals surface area (Å²) in [7, 11) is 3.13. The first-order valence-corrected chi connectivity index (χ1v) is 12.1. The second-order valence-electron chi connectivity index (χ2n) is 8.02. The van der Waals surface area contributed by atoms with Crippen molar-refractivity contribution < 1.29 is 28.5 Å². The van der Waals surface area contributed by atoms with Crippen molar-refractivity contribution in [3.05, 3.63) is 78.5 Å². The van der Waals surface area contributed by atoms with E-state index in [9.17, 15) is 9.59 Å². The second kappa shape index (κ2) is 9.54. The number of hydrogen-bond donors (Lipinski definition) is 0. The Bertz CT molecular complexity index is 1570. The summed E-state index contributed by atoms with van der Waals surface area (Å²) >= 11 is 1.24. The van der Waals surface area contributed by atoms with Crippen LogP contribution in [-0.2, 0) is 9.53 Å². The van der Waals surface area contributed by atoms with Crippen LogP contribution in [0.2, 0.25) is 0 Å². The Kier molecular flexibility index (Phi) is 6.27. The normalized spacial score (nSPS) is 16.4. The van der Waals surface area contributed by atoms with E-state index in [1.807, 2.05) is 12.1 Å². The van der Waals surface area contributed by atoms with E-state index in [0.717, 1.165) is 0 Å². The molecule has 36 heavy (non-hydrogen) atoms. The van der Waals surface area contributed by atoms with Crippen molar-refractivity contribution in [2.24, 2.45) is 4.99 Å². The monoisotopic (exact) mass is 508 g/mol. The van der Waals surface area contributed by atoms with Crippen molar-refractivity contribution in [2.75, 3.05) is 27.6 Å². The molecule has 3 aromatic rings. The highest BCUT2D eigenvalue weighted by atomic mass is 32.1. The van der Waals surface area contributed by atoms with Gasteiger partial charge in [0.25, 0.3) is 5.56 Å². The molecule has 0 amide bonds. The molecule has 5 rings (SSSR count). The number of rotatable bonds is 6. The number of esters is 1. The third-order valence-electron chi connectivity index (χ3n) is 5.96. The Hall–Kier alpha value is -4.05. The molecule has 3 heterocycles.